The molecule has 32 heavy (non-hydrogen) atoms. The topological polar surface area (TPSA) is 111 Å². The van der Waals surface area contributed by atoms with Gasteiger partial charge in [-0.3, -0.25) is 4.79 Å². The molecule has 0 bridgehead atoms. The zero-order valence-electron chi connectivity index (χ0n) is 17.6. The third-order valence-electron chi connectivity index (χ3n) is 5.41. The largest absolute Gasteiger partial charge is 0.376 e. The van der Waals surface area contributed by atoms with Crippen molar-refractivity contribution >= 4 is 33.8 Å². The molecule has 0 aliphatic carbocycles. The van der Waals surface area contributed by atoms with Crippen molar-refractivity contribution in [1.82, 2.24) is 29.4 Å². The summed E-state index contributed by atoms with van der Waals surface area (Å²) >= 11 is 1.29. The van der Waals surface area contributed by atoms with Crippen molar-refractivity contribution in [2.24, 2.45) is 0 Å². The van der Waals surface area contributed by atoms with E-state index in [0.717, 1.165) is 25.0 Å². The molecule has 1 aromatic carbocycles. The van der Waals surface area contributed by atoms with Crippen LogP contribution in [0.1, 0.15) is 18.4 Å². The Kier molecular flexibility index (Phi) is 7.55. The van der Waals surface area contributed by atoms with Crippen LogP contribution in [-0.4, -0.2) is 88.4 Å². The van der Waals surface area contributed by atoms with Crippen LogP contribution in [0.2, 0.25) is 0 Å². The number of benzene rings is 1. The highest BCUT2D eigenvalue weighted by Gasteiger charge is 2.28. The molecule has 172 valence electrons. The average molecular weight is 479 g/mol. The highest BCUT2D eigenvalue weighted by Crippen LogP contribution is 2.19. The predicted molar refractivity (Wildman–Crippen MR) is 120 cm³/mol. The second-order valence-corrected chi connectivity index (χ2v) is 10.4. The average Bonchev–Trinajstić information content (AvgIpc) is 3.49. The summed E-state index contributed by atoms with van der Waals surface area (Å²) in [5.41, 5.74) is 0.823. The Morgan fingerprint density at radius 2 is 1.97 bits per heavy atom. The maximum Gasteiger partial charge on any atom is 0.236 e. The number of hydrogen-bond acceptors (Lipinski definition) is 8. The number of amides is 1. The zero-order valence-corrected chi connectivity index (χ0v) is 19.2. The van der Waals surface area contributed by atoms with Crippen LogP contribution in [0.5, 0.6) is 0 Å². The fraction of sp³-hybridized carbons (Fsp3) is 0.500. The minimum absolute atomic E-state index is 0.0569. The molecule has 0 spiro atoms. The lowest BCUT2D eigenvalue weighted by Gasteiger charge is -2.33. The maximum atomic E-state index is 12.6. The van der Waals surface area contributed by atoms with E-state index < -0.39 is 10.0 Å². The van der Waals surface area contributed by atoms with Crippen LogP contribution in [0.4, 0.5) is 0 Å². The van der Waals surface area contributed by atoms with Crippen molar-refractivity contribution in [2.75, 3.05) is 38.5 Å². The van der Waals surface area contributed by atoms with Gasteiger partial charge >= 0.3 is 0 Å². The van der Waals surface area contributed by atoms with Crippen molar-refractivity contribution < 1.29 is 17.9 Å². The number of piperazine rings is 1. The molecule has 2 saturated heterocycles. The van der Waals surface area contributed by atoms with Crippen LogP contribution in [0.15, 0.2) is 40.9 Å². The van der Waals surface area contributed by atoms with Crippen LogP contribution < -0.4 is 0 Å². The van der Waals surface area contributed by atoms with E-state index in [4.69, 9.17) is 4.74 Å². The van der Waals surface area contributed by atoms with Gasteiger partial charge in [0.2, 0.25) is 21.1 Å². The first-order valence-electron chi connectivity index (χ1n) is 10.5. The van der Waals surface area contributed by atoms with E-state index in [0.29, 0.717) is 24.8 Å². The lowest BCUT2D eigenvalue weighted by Crippen LogP contribution is -2.50. The molecule has 0 N–H and O–H groups in total. The Labute approximate surface area is 191 Å². The van der Waals surface area contributed by atoms with Crippen molar-refractivity contribution in [2.45, 2.75) is 30.6 Å². The van der Waals surface area contributed by atoms with Gasteiger partial charge in [-0.1, -0.05) is 42.1 Å². The summed E-state index contributed by atoms with van der Waals surface area (Å²) in [5, 5.41) is 13.5. The maximum absolute atomic E-state index is 12.6. The van der Waals surface area contributed by atoms with E-state index in [9.17, 15) is 13.2 Å². The van der Waals surface area contributed by atoms with Gasteiger partial charge in [0, 0.05) is 38.2 Å². The van der Waals surface area contributed by atoms with Crippen molar-refractivity contribution in [1.29, 1.82) is 0 Å². The fourth-order valence-corrected chi connectivity index (χ4v) is 5.58. The quantitative estimate of drug-likeness (QED) is 0.519. The van der Waals surface area contributed by atoms with E-state index in [1.54, 1.807) is 15.7 Å². The lowest BCUT2D eigenvalue weighted by atomic mass is 10.2. The number of carbonyl (C=O) groups excluding carboxylic acids is 1. The van der Waals surface area contributed by atoms with Gasteiger partial charge in [-0.05, 0) is 34.9 Å². The normalized spacial score (nSPS) is 20.2. The number of carbonyl (C=O) groups is 1. The van der Waals surface area contributed by atoms with Gasteiger partial charge in [-0.2, -0.15) is 4.31 Å². The lowest BCUT2D eigenvalue weighted by molar-refractivity contribution is -0.129. The van der Waals surface area contributed by atoms with Gasteiger partial charge in [0.1, 0.15) is 0 Å². The second-order valence-electron chi connectivity index (χ2n) is 7.61. The summed E-state index contributed by atoms with van der Waals surface area (Å²) in [6.07, 6.45) is 3.72. The second kappa shape index (κ2) is 10.6. The summed E-state index contributed by atoms with van der Waals surface area (Å²) in [6, 6.07) is 9.28. The third-order valence-corrected chi connectivity index (χ3v) is 7.91. The summed E-state index contributed by atoms with van der Waals surface area (Å²) in [6.45, 7) is 2.61. The van der Waals surface area contributed by atoms with Crippen molar-refractivity contribution in [3.63, 3.8) is 0 Å². The fourth-order valence-electron chi connectivity index (χ4n) is 3.62. The highest BCUT2D eigenvalue weighted by molar-refractivity contribution is 7.99. The molecule has 3 heterocycles. The van der Waals surface area contributed by atoms with Crippen LogP contribution in [0, 0.1) is 0 Å². The molecule has 2 aliphatic rings. The number of nitrogens with zero attached hydrogens (tertiary/aromatic N) is 6. The molecule has 0 saturated carbocycles. The minimum atomic E-state index is -3.53. The third kappa shape index (κ3) is 5.94. The number of rotatable bonds is 8. The van der Waals surface area contributed by atoms with Gasteiger partial charge in [0.25, 0.3) is 0 Å². The molecule has 2 aromatic rings. The Balaban J connectivity index is 1.25. The molecule has 0 radical (unpaired) electrons. The molecular weight excluding hydrogens is 452 g/mol. The highest BCUT2D eigenvalue weighted by atomic mass is 32.2. The minimum Gasteiger partial charge on any atom is -0.376 e. The number of thioether (sulfide) groups is 1. The summed E-state index contributed by atoms with van der Waals surface area (Å²) in [5.74, 6) is 0.144. The van der Waals surface area contributed by atoms with E-state index in [1.807, 2.05) is 30.3 Å². The molecule has 12 heteroatoms. The number of sulfonamides is 1. The number of tetrazole rings is 1. The number of ether oxygens (including phenoxy) is 1. The molecule has 1 amide bonds. The molecule has 4 rings (SSSR count). The van der Waals surface area contributed by atoms with E-state index in [-0.39, 0.29) is 30.9 Å². The first-order valence-corrected chi connectivity index (χ1v) is 13.0. The standard InChI is InChI=1S/C20H26N6O4S2/c27-19(16-31-20-21-22-23-26(20)15-18-7-4-13-30-18)24-9-11-25(12-10-24)32(28,29)14-8-17-5-2-1-3-6-17/h1-3,5-6,8,14,18H,4,7,9-13,15-16H2/b14-8+. The Bertz CT molecular complexity index is 1030. The molecule has 1 atom stereocenters. The molecule has 1 unspecified atom stereocenters. The molecule has 2 fully saturated rings. The number of hydrogen-bond donors (Lipinski definition) is 0. The summed E-state index contributed by atoms with van der Waals surface area (Å²) in [4.78, 5) is 14.3. The van der Waals surface area contributed by atoms with Gasteiger partial charge < -0.3 is 9.64 Å². The van der Waals surface area contributed by atoms with Gasteiger partial charge in [0.15, 0.2) is 0 Å². The predicted octanol–water partition coefficient (Wildman–Crippen LogP) is 1.09. The van der Waals surface area contributed by atoms with Gasteiger partial charge in [-0.25, -0.2) is 13.1 Å². The Morgan fingerprint density at radius 1 is 1.19 bits per heavy atom. The SMILES string of the molecule is O=C(CSc1nnnn1CC1CCCO1)N1CCN(S(=O)(=O)/C=C/c2ccccc2)CC1. The smallest absolute Gasteiger partial charge is 0.236 e. The first kappa shape index (κ1) is 22.9. The monoisotopic (exact) mass is 478 g/mol. The summed E-state index contributed by atoms with van der Waals surface area (Å²) in [7, 11) is -3.53. The Hall–Kier alpha value is -2.28. The van der Waals surface area contributed by atoms with Crippen LogP contribution in [-0.2, 0) is 26.1 Å². The van der Waals surface area contributed by atoms with Crippen LogP contribution in [0.3, 0.4) is 0 Å². The van der Waals surface area contributed by atoms with Crippen LogP contribution in [0.25, 0.3) is 6.08 Å². The van der Waals surface area contributed by atoms with E-state index in [2.05, 4.69) is 15.5 Å². The van der Waals surface area contributed by atoms with Crippen molar-refractivity contribution in [3.05, 3.63) is 41.3 Å². The zero-order chi connectivity index (χ0) is 22.4. The molecule has 1 aromatic heterocycles. The first-order chi connectivity index (χ1) is 15.5. The molecule has 10 nitrogen and oxygen atoms in total. The van der Waals surface area contributed by atoms with Gasteiger partial charge in [0.05, 0.1) is 18.4 Å². The Morgan fingerprint density at radius 3 is 2.69 bits per heavy atom. The number of aromatic nitrogens is 4. The van der Waals surface area contributed by atoms with Crippen LogP contribution >= 0.6 is 11.8 Å². The van der Waals surface area contributed by atoms with Crippen molar-refractivity contribution in [3.8, 4) is 0 Å². The van der Waals surface area contributed by atoms with Gasteiger partial charge in [-0.15, -0.1) is 5.10 Å². The van der Waals surface area contributed by atoms with E-state index in [1.165, 1.54) is 21.5 Å². The summed E-state index contributed by atoms with van der Waals surface area (Å²) < 4.78 is 33.9. The molecular formula is C20H26N6O4S2. The van der Waals surface area contributed by atoms with E-state index >= 15 is 0 Å². The molecule has 2 aliphatic heterocycles.